The van der Waals surface area contributed by atoms with Crippen molar-refractivity contribution in [3.63, 3.8) is 0 Å². The average Bonchev–Trinajstić information content (AvgIpc) is 2.66. The minimum Gasteiger partial charge on any atom is -0.350 e. The topological polar surface area (TPSA) is 70.2 Å². The van der Waals surface area contributed by atoms with Gasteiger partial charge in [0.1, 0.15) is 6.04 Å². The maximum absolute atomic E-state index is 11.7. The fraction of sp³-hybridized carbons (Fsp3) is 0.778. The van der Waals surface area contributed by atoms with Crippen LogP contribution in [0.1, 0.15) is 12.8 Å². The highest BCUT2D eigenvalue weighted by atomic mass is 32.2. The van der Waals surface area contributed by atoms with Crippen LogP contribution in [0.3, 0.4) is 0 Å². The summed E-state index contributed by atoms with van der Waals surface area (Å²) in [5.41, 5.74) is 0. The minimum absolute atomic E-state index is 0.0537. The molecule has 3 N–H and O–H groups in total. The summed E-state index contributed by atoms with van der Waals surface area (Å²) in [4.78, 5) is 22.6. The molecule has 6 heteroatoms. The molecular formula is C9H15N3O2S. The molecule has 0 spiro atoms. The Labute approximate surface area is 92.7 Å². The van der Waals surface area contributed by atoms with E-state index in [0.717, 1.165) is 25.9 Å². The van der Waals surface area contributed by atoms with Crippen LogP contribution in [-0.4, -0.2) is 42.1 Å². The molecule has 2 saturated heterocycles. The maximum Gasteiger partial charge on any atom is 0.279 e. The highest BCUT2D eigenvalue weighted by molar-refractivity contribution is 8.14. The Morgan fingerprint density at radius 1 is 1.53 bits per heavy atom. The number of hydrogen-bond acceptors (Lipinski definition) is 4. The van der Waals surface area contributed by atoms with E-state index in [-0.39, 0.29) is 23.2 Å². The van der Waals surface area contributed by atoms with Crippen molar-refractivity contribution >= 4 is 22.9 Å². The molecule has 2 aliphatic rings. The molecule has 84 valence electrons. The van der Waals surface area contributed by atoms with Crippen molar-refractivity contribution in [1.29, 1.82) is 0 Å². The molecule has 0 aromatic heterocycles. The number of hydrogen-bond donors (Lipinski definition) is 3. The van der Waals surface area contributed by atoms with Crippen molar-refractivity contribution in [3.05, 3.63) is 0 Å². The molecule has 0 aliphatic carbocycles. The van der Waals surface area contributed by atoms with Gasteiger partial charge in [0.05, 0.1) is 0 Å². The minimum atomic E-state index is -0.343. The first-order valence-corrected chi connectivity index (χ1v) is 6.18. The summed E-state index contributed by atoms with van der Waals surface area (Å²) in [6, 6.07) is -0.127. The lowest BCUT2D eigenvalue weighted by atomic mass is 10.1. The van der Waals surface area contributed by atoms with E-state index in [4.69, 9.17) is 0 Å². The van der Waals surface area contributed by atoms with Gasteiger partial charge in [0.2, 0.25) is 5.91 Å². The van der Waals surface area contributed by atoms with E-state index in [2.05, 4.69) is 16.0 Å². The van der Waals surface area contributed by atoms with Crippen LogP contribution >= 0.6 is 11.8 Å². The molecule has 2 atom stereocenters. The first-order valence-electron chi connectivity index (χ1n) is 5.20. The summed E-state index contributed by atoms with van der Waals surface area (Å²) in [5.74, 6) is 0.493. The predicted octanol–water partition coefficient (Wildman–Crippen LogP) is -0.320. The molecule has 2 rings (SSSR count). The molecule has 2 amide bonds. The van der Waals surface area contributed by atoms with Crippen LogP contribution in [0.4, 0.5) is 4.79 Å². The van der Waals surface area contributed by atoms with Gasteiger partial charge in [-0.05, 0) is 19.4 Å². The summed E-state index contributed by atoms with van der Waals surface area (Å²) >= 11 is 1.17. The molecule has 0 radical (unpaired) electrons. The number of carbonyl (C=O) groups is 2. The van der Waals surface area contributed by atoms with E-state index in [1.165, 1.54) is 11.8 Å². The third-order valence-corrected chi connectivity index (χ3v) is 3.51. The van der Waals surface area contributed by atoms with Gasteiger partial charge in [-0.1, -0.05) is 11.8 Å². The van der Waals surface area contributed by atoms with Gasteiger partial charge in [0.15, 0.2) is 0 Å². The number of carbonyl (C=O) groups excluding carboxylic acids is 2. The third-order valence-electron chi connectivity index (χ3n) is 2.63. The summed E-state index contributed by atoms with van der Waals surface area (Å²) in [6.45, 7) is 1.86. The fourth-order valence-electron chi connectivity index (χ4n) is 1.80. The van der Waals surface area contributed by atoms with E-state index in [9.17, 15) is 9.59 Å². The van der Waals surface area contributed by atoms with Crippen LogP contribution in [-0.2, 0) is 4.79 Å². The van der Waals surface area contributed by atoms with Crippen molar-refractivity contribution in [1.82, 2.24) is 16.0 Å². The lowest BCUT2D eigenvalue weighted by molar-refractivity contribution is -0.123. The molecule has 5 nitrogen and oxygen atoms in total. The summed E-state index contributed by atoms with van der Waals surface area (Å²) < 4.78 is 0. The SMILES string of the molecule is O=C1N[C@H](C(=O)NC2CCCNC2)CS1. The van der Waals surface area contributed by atoms with Crippen molar-refractivity contribution in [2.45, 2.75) is 24.9 Å². The van der Waals surface area contributed by atoms with E-state index in [0.29, 0.717) is 5.75 Å². The Morgan fingerprint density at radius 3 is 3.00 bits per heavy atom. The predicted molar refractivity (Wildman–Crippen MR) is 58.8 cm³/mol. The number of piperidine rings is 1. The molecule has 2 fully saturated rings. The van der Waals surface area contributed by atoms with Crippen molar-refractivity contribution in [2.24, 2.45) is 0 Å². The zero-order valence-corrected chi connectivity index (χ0v) is 9.23. The van der Waals surface area contributed by atoms with E-state index < -0.39 is 0 Å². The molecule has 2 heterocycles. The van der Waals surface area contributed by atoms with Crippen molar-refractivity contribution in [3.8, 4) is 0 Å². The number of amides is 2. The fourth-order valence-corrected chi connectivity index (χ4v) is 2.58. The van der Waals surface area contributed by atoms with Gasteiger partial charge < -0.3 is 16.0 Å². The quantitative estimate of drug-likeness (QED) is 0.607. The summed E-state index contributed by atoms with van der Waals surface area (Å²) in [7, 11) is 0. The Bertz CT molecular complexity index is 266. The highest BCUT2D eigenvalue weighted by Crippen LogP contribution is 2.13. The standard InChI is InChI=1S/C9H15N3O2S/c13-8(7-5-15-9(14)12-7)11-6-2-1-3-10-4-6/h6-7,10H,1-5H2,(H,11,13)(H,12,14)/t6?,7-/m0/s1. The Kier molecular flexibility index (Phi) is 3.48. The first kappa shape index (κ1) is 10.8. The molecule has 0 aromatic carbocycles. The van der Waals surface area contributed by atoms with Gasteiger partial charge >= 0.3 is 0 Å². The first-order chi connectivity index (χ1) is 7.25. The largest absolute Gasteiger partial charge is 0.350 e. The Hall–Kier alpha value is -0.750. The summed E-state index contributed by atoms with van der Waals surface area (Å²) in [5, 5.41) is 8.72. The molecule has 0 bridgehead atoms. The zero-order chi connectivity index (χ0) is 10.7. The smallest absolute Gasteiger partial charge is 0.279 e. The van der Waals surface area contributed by atoms with E-state index in [1.54, 1.807) is 0 Å². The van der Waals surface area contributed by atoms with Gasteiger partial charge in [-0.2, -0.15) is 0 Å². The van der Waals surface area contributed by atoms with Crippen LogP contribution in [0.2, 0.25) is 0 Å². The number of thioether (sulfide) groups is 1. The Morgan fingerprint density at radius 2 is 2.40 bits per heavy atom. The van der Waals surface area contributed by atoms with Gasteiger partial charge in [0, 0.05) is 18.3 Å². The second kappa shape index (κ2) is 4.85. The number of rotatable bonds is 2. The third kappa shape index (κ3) is 2.85. The van der Waals surface area contributed by atoms with Crippen LogP contribution in [0.25, 0.3) is 0 Å². The average molecular weight is 229 g/mol. The van der Waals surface area contributed by atoms with Gasteiger partial charge in [-0.3, -0.25) is 9.59 Å². The lowest BCUT2D eigenvalue weighted by Crippen LogP contribution is -2.51. The van der Waals surface area contributed by atoms with E-state index >= 15 is 0 Å². The van der Waals surface area contributed by atoms with Gasteiger partial charge in [-0.15, -0.1) is 0 Å². The molecule has 1 unspecified atom stereocenters. The molecule has 0 aromatic rings. The molecule has 2 aliphatic heterocycles. The zero-order valence-electron chi connectivity index (χ0n) is 8.41. The van der Waals surface area contributed by atoms with Gasteiger partial charge in [0.25, 0.3) is 5.24 Å². The molecule has 0 saturated carbocycles. The second-order valence-corrected chi connectivity index (χ2v) is 4.84. The maximum atomic E-state index is 11.7. The monoisotopic (exact) mass is 229 g/mol. The van der Waals surface area contributed by atoms with Crippen LogP contribution in [0, 0.1) is 0 Å². The highest BCUT2D eigenvalue weighted by Gasteiger charge is 2.29. The molecular weight excluding hydrogens is 214 g/mol. The summed E-state index contributed by atoms with van der Waals surface area (Å²) in [6.07, 6.45) is 2.11. The van der Waals surface area contributed by atoms with Crippen LogP contribution in [0.5, 0.6) is 0 Å². The lowest BCUT2D eigenvalue weighted by Gasteiger charge is -2.24. The van der Waals surface area contributed by atoms with Crippen LogP contribution < -0.4 is 16.0 Å². The normalized spacial score (nSPS) is 31.1. The van der Waals surface area contributed by atoms with E-state index in [1.807, 2.05) is 0 Å². The second-order valence-electron chi connectivity index (χ2n) is 3.85. The van der Waals surface area contributed by atoms with Crippen molar-refractivity contribution < 1.29 is 9.59 Å². The van der Waals surface area contributed by atoms with Crippen molar-refractivity contribution in [2.75, 3.05) is 18.8 Å². The van der Waals surface area contributed by atoms with Gasteiger partial charge in [-0.25, -0.2) is 0 Å². The van der Waals surface area contributed by atoms with Crippen LogP contribution in [0.15, 0.2) is 0 Å². The number of nitrogens with one attached hydrogen (secondary N) is 3. The molecule has 15 heavy (non-hydrogen) atoms. The Balaban J connectivity index is 1.78.